The van der Waals surface area contributed by atoms with E-state index in [1.54, 1.807) is 31.4 Å². The summed E-state index contributed by atoms with van der Waals surface area (Å²) in [6.07, 6.45) is -1.43. The summed E-state index contributed by atoms with van der Waals surface area (Å²) in [6, 6.07) is 16.4. The average Bonchev–Trinajstić information content (AvgIpc) is 3.60. The van der Waals surface area contributed by atoms with Crippen molar-refractivity contribution in [3.63, 3.8) is 0 Å². The van der Waals surface area contributed by atoms with Crippen LogP contribution in [0.25, 0.3) is 0 Å². The topological polar surface area (TPSA) is 101 Å². The van der Waals surface area contributed by atoms with Gasteiger partial charge in [-0.3, -0.25) is 4.79 Å². The molecule has 1 heterocycles. The standard InChI is InChI=1S/C40H54O8Si/c1-24-16-21-29(48-49(9,10)37(2,3)4)39(7)30(24)32(45-35(42)25-14-12-11-13-15-25)33(41)40(43)23-22-28(38(40,5)6)31-34(39)47-36(46-31)26-17-19-27(44-8)20-18-26/h11-15,17-20,28-32,34,36,43H,1,16,21-23H2,2-10H3/t28?,29-,30-,31+,32-,34-,36+,39+,40+/m0/s1. The van der Waals surface area contributed by atoms with Gasteiger partial charge in [0.25, 0.3) is 0 Å². The van der Waals surface area contributed by atoms with Crippen LogP contribution in [0.4, 0.5) is 0 Å². The number of hydrogen-bond acceptors (Lipinski definition) is 8. The van der Waals surface area contributed by atoms with E-state index in [1.807, 2.05) is 44.2 Å². The van der Waals surface area contributed by atoms with Gasteiger partial charge >= 0.3 is 5.97 Å². The first-order valence-electron chi connectivity index (χ1n) is 17.7. The van der Waals surface area contributed by atoms with Crippen LogP contribution in [0.5, 0.6) is 5.75 Å². The number of ether oxygens (including phenoxy) is 4. The molecule has 4 aliphatic rings. The fourth-order valence-electron chi connectivity index (χ4n) is 8.86. The van der Waals surface area contributed by atoms with Crippen LogP contribution in [0, 0.1) is 22.7 Å². The lowest BCUT2D eigenvalue weighted by Gasteiger charge is -2.56. The van der Waals surface area contributed by atoms with Crippen molar-refractivity contribution in [2.75, 3.05) is 7.11 Å². The first-order chi connectivity index (χ1) is 22.9. The summed E-state index contributed by atoms with van der Waals surface area (Å²) in [5.74, 6) is -1.32. The van der Waals surface area contributed by atoms with Crippen LogP contribution in [-0.4, -0.2) is 62.3 Å². The molecule has 2 aromatic carbocycles. The normalized spacial score (nSPS) is 35.8. The van der Waals surface area contributed by atoms with Gasteiger partial charge in [0.05, 0.1) is 31.0 Å². The third-order valence-corrected chi connectivity index (χ3v) is 17.5. The van der Waals surface area contributed by atoms with Crippen molar-refractivity contribution in [3.05, 3.63) is 77.9 Å². The summed E-state index contributed by atoms with van der Waals surface area (Å²) in [7, 11) is -0.748. The first kappa shape index (κ1) is 36.0. The number of carbonyl (C=O) groups excluding carboxylic acids is 2. The summed E-state index contributed by atoms with van der Waals surface area (Å²) in [5.41, 5.74) is -1.66. The van der Waals surface area contributed by atoms with Gasteiger partial charge in [-0.05, 0) is 74.0 Å². The Balaban J connectivity index is 1.55. The Labute approximate surface area is 292 Å². The molecule has 2 bridgehead atoms. The minimum absolute atomic E-state index is 0.0882. The number of Topliss-reactive ketones (excluding diaryl/α,β-unsaturated/α-hetero) is 1. The van der Waals surface area contributed by atoms with E-state index in [0.717, 1.165) is 16.9 Å². The van der Waals surface area contributed by atoms with Crippen LogP contribution in [0.2, 0.25) is 18.1 Å². The van der Waals surface area contributed by atoms with Gasteiger partial charge in [-0.15, -0.1) is 0 Å². The Kier molecular flexibility index (Phi) is 9.14. The lowest BCUT2D eigenvalue weighted by molar-refractivity contribution is -0.173. The van der Waals surface area contributed by atoms with Crippen molar-refractivity contribution in [1.82, 2.24) is 0 Å². The highest BCUT2D eigenvalue weighted by Crippen LogP contribution is 2.63. The van der Waals surface area contributed by atoms with Crippen LogP contribution in [0.1, 0.15) is 89.4 Å². The highest BCUT2D eigenvalue weighted by molar-refractivity contribution is 6.74. The Morgan fingerprint density at radius 2 is 1.65 bits per heavy atom. The van der Waals surface area contributed by atoms with Crippen LogP contribution >= 0.6 is 0 Å². The van der Waals surface area contributed by atoms with Crippen LogP contribution in [0.15, 0.2) is 66.7 Å². The maximum absolute atomic E-state index is 15.1. The molecule has 6 rings (SSSR count). The predicted molar refractivity (Wildman–Crippen MR) is 190 cm³/mol. The molecule has 0 spiro atoms. The van der Waals surface area contributed by atoms with Crippen molar-refractivity contribution in [3.8, 4) is 5.75 Å². The molecular weight excluding hydrogens is 637 g/mol. The van der Waals surface area contributed by atoms with E-state index in [2.05, 4.69) is 47.4 Å². The second kappa shape index (κ2) is 12.4. The number of carbonyl (C=O) groups is 2. The van der Waals surface area contributed by atoms with Crippen molar-refractivity contribution in [2.24, 2.45) is 22.7 Å². The molecule has 49 heavy (non-hydrogen) atoms. The van der Waals surface area contributed by atoms with Crippen LogP contribution in [0.3, 0.4) is 0 Å². The molecule has 266 valence electrons. The molecule has 3 saturated carbocycles. The van der Waals surface area contributed by atoms with Crippen LogP contribution < -0.4 is 4.74 Å². The molecule has 3 aliphatic carbocycles. The number of rotatable bonds is 6. The maximum atomic E-state index is 15.1. The fraction of sp³-hybridized carbons (Fsp3) is 0.600. The number of hydrogen-bond donors (Lipinski definition) is 1. The van der Waals surface area contributed by atoms with E-state index in [0.29, 0.717) is 24.8 Å². The molecule has 9 heteroatoms. The quantitative estimate of drug-likeness (QED) is 0.186. The van der Waals surface area contributed by atoms with Gasteiger partial charge in [-0.25, -0.2) is 4.79 Å². The minimum Gasteiger partial charge on any atom is -0.497 e. The molecule has 9 atom stereocenters. The van der Waals surface area contributed by atoms with Gasteiger partial charge < -0.3 is 28.5 Å². The summed E-state index contributed by atoms with van der Waals surface area (Å²) < 4.78 is 33.2. The maximum Gasteiger partial charge on any atom is 0.338 e. The molecular formula is C40H54O8Si. The zero-order chi connectivity index (χ0) is 35.7. The molecule has 1 N–H and O–H groups in total. The third kappa shape index (κ3) is 5.74. The van der Waals surface area contributed by atoms with Gasteiger partial charge in [-0.1, -0.05) is 84.0 Å². The first-order valence-corrected chi connectivity index (χ1v) is 20.6. The second-order valence-corrected chi connectivity index (χ2v) is 21.7. The highest BCUT2D eigenvalue weighted by atomic mass is 28.4. The summed E-state index contributed by atoms with van der Waals surface area (Å²) >= 11 is 0. The number of methoxy groups -OCH3 is 1. The SMILES string of the molecule is C=C1CC[C@H](O[Si](C)(C)C(C)(C)C)[C@@]2(C)[C@H]3O[C@H](c4ccc(OC)cc4)O[C@@H]3C3CC[C@@](O)(C(=O)[C@@H](OC(=O)c4ccccc4)[C@H]12)C3(C)C. The largest absolute Gasteiger partial charge is 0.497 e. The summed E-state index contributed by atoms with van der Waals surface area (Å²) in [6.45, 7) is 21.7. The van der Waals surface area contributed by atoms with Crippen molar-refractivity contribution in [1.29, 1.82) is 0 Å². The summed E-state index contributed by atoms with van der Waals surface area (Å²) in [4.78, 5) is 29.0. The monoisotopic (exact) mass is 690 g/mol. The molecule has 1 unspecified atom stereocenters. The molecule has 8 nitrogen and oxygen atoms in total. The van der Waals surface area contributed by atoms with Gasteiger partial charge in [0, 0.05) is 22.3 Å². The lowest BCUT2D eigenvalue weighted by Crippen LogP contribution is -2.63. The van der Waals surface area contributed by atoms with E-state index in [-0.39, 0.29) is 23.5 Å². The molecule has 0 radical (unpaired) electrons. The zero-order valence-electron chi connectivity index (χ0n) is 30.6. The second-order valence-electron chi connectivity index (χ2n) is 17.0. The van der Waals surface area contributed by atoms with E-state index in [9.17, 15) is 9.90 Å². The Hall–Kier alpha value is -2.82. The Bertz CT molecular complexity index is 1580. The van der Waals surface area contributed by atoms with E-state index in [4.69, 9.17) is 23.4 Å². The number of esters is 1. The Morgan fingerprint density at radius 1 is 1.00 bits per heavy atom. The number of fused-ring (bicyclic) bond motifs is 6. The van der Waals surface area contributed by atoms with E-state index in [1.165, 1.54) is 0 Å². The van der Waals surface area contributed by atoms with Gasteiger partial charge in [0.1, 0.15) is 11.4 Å². The van der Waals surface area contributed by atoms with Crippen LogP contribution in [-0.2, 0) is 23.4 Å². The summed E-state index contributed by atoms with van der Waals surface area (Å²) in [5, 5.41) is 12.5. The molecule has 0 amide bonds. The van der Waals surface area contributed by atoms with Gasteiger partial charge in [0.2, 0.25) is 5.78 Å². The fourth-order valence-corrected chi connectivity index (χ4v) is 10.3. The number of aliphatic hydroxyl groups is 1. The smallest absolute Gasteiger partial charge is 0.338 e. The molecule has 1 aliphatic heterocycles. The van der Waals surface area contributed by atoms with E-state index < -0.39 is 67.0 Å². The molecule has 0 aromatic heterocycles. The number of benzene rings is 2. The van der Waals surface area contributed by atoms with E-state index >= 15 is 4.79 Å². The molecule has 4 fully saturated rings. The predicted octanol–water partition coefficient (Wildman–Crippen LogP) is 7.82. The minimum atomic E-state index is -2.38. The highest BCUT2D eigenvalue weighted by Gasteiger charge is 2.71. The average molecular weight is 691 g/mol. The number of ketones is 1. The third-order valence-electron chi connectivity index (χ3n) is 13.0. The van der Waals surface area contributed by atoms with Crippen molar-refractivity contribution in [2.45, 2.75) is 122 Å². The van der Waals surface area contributed by atoms with Crippen molar-refractivity contribution < 1.29 is 38.1 Å². The lowest BCUT2D eigenvalue weighted by atomic mass is 9.57. The van der Waals surface area contributed by atoms with Crippen molar-refractivity contribution >= 4 is 20.1 Å². The molecule has 2 aromatic rings. The van der Waals surface area contributed by atoms with Gasteiger partial charge in [0.15, 0.2) is 20.7 Å². The molecule has 1 saturated heterocycles. The Morgan fingerprint density at radius 3 is 2.27 bits per heavy atom. The van der Waals surface area contributed by atoms with Gasteiger partial charge in [-0.2, -0.15) is 0 Å². The zero-order valence-corrected chi connectivity index (χ0v) is 31.6.